The van der Waals surface area contributed by atoms with Crippen molar-refractivity contribution in [1.29, 1.82) is 0 Å². The van der Waals surface area contributed by atoms with Gasteiger partial charge >= 0.3 is 0 Å². The Kier molecular flexibility index (Phi) is 5.11. The lowest BCUT2D eigenvalue weighted by molar-refractivity contribution is -0.131. The summed E-state index contributed by atoms with van der Waals surface area (Å²) in [5.74, 6) is -1.17. The topological polar surface area (TPSA) is 105 Å². The number of aliphatic hydroxyl groups excluding tert-OH is 1. The van der Waals surface area contributed by atoms with Crippen LogP contribution in [0, 0.1) is 0 Å². The zero-order valence-electron chi connectivity index (χ0n) is 19.1. The molecule has 0 spiro atoms. The number of para-hydroxylation sites is 2. The number of H-pyrrole nitrogens is 1. The molecular weight excluding hydrogens is 448 g/mol. The van der Waals surface area contributed by atoms with E-state index in [0.717, 1.165) is 29.3 Å². The predicted molar refractivity (Wildman–Crippen MR) is 128 cm³/mol. The van der Waals surface area contributed by atoms with Gasteiger partial charge < -0.3 is 28.9 Å². The average molecular weight is 472 g/mol. The van der Waals surface area contributed by atoms with Gasteiger partial charge in [-0.1, -0.05) is 30.3 Å². The van der Waals surface area contributed by atoms with Gasteiger partial charge in [-0.3, -0.25) is 9.59 Å². The molecule has 0 bridgehead atoms. The molecule has 2 N–H and O–H groups in total. The Hall–Kier alpha value is -4.04. The highest BCUT2D eigenvalue weighted by Gasteiger charge is 2.46. The second-order valence-corrected chi connectivity index (χ2v) is 8.87. The van der Waals surface area contributed by atoms with Crippen molar-refractivity contribution in [2.45, 2.75) is 25.0 Å². The summed E-state index contributed by atoms with van der Waals surface area (Å²) in [5.41, 5.74) is 2.03. The Labute approximate surface area is 200 Å². The lowest BCUT2D eigenvalue weighted by Gasteiger charge is -2.28. The van der Waals surface area contributed by atoms with Crippen molar-refractivity contribution >= 4 is 33.6 Å². The minimum atomic E-state index is -0.787. The molecule has 1 saturated heterocycles. The summed E-state index contributed by atoms with van der Waals surface area (Å²) in [6, 6.07) is 13.9. The van der Waals surface area contributed by atoms with Gasteiger partial charge in [0.05, 0.1) is 24.8 Å². The quantitative estimate of drug-likeness (QED) is 0.395. The first-order chi connectivity index (χ1) is 17.1. The van der Waals surface area contributed by atoms with Crippen LogP contribution < -0.4 is 4.74 Å². The molecule has 0 saturated carbocycles. The first kappa shape index (κ1) is 21.5. The third-order valence-electron chi connectivity index (χ3n) is 6.84. The highest BCUT2D eigenvalue weighted by molar-refractivity contribution is 6.16. The highest BCUT2D eigenvalue weighted by atomic mass is 16.5. The summed E-state index contributed by atoms with van der Waals surface area (Å²) in [7, 11) is 1.53. The van der Waals surface area contributed by atoms with E-state index >= 15 is 0 Å². The Morgan fingerprint density at radius 1 is 1.23 bits per heavy atom. The summed E-state index contributed by atoms with van der Waals surface area (Å²) < 4.78 is 17.0. The number of aromatic amines is 1. The van der Waals surface area contributed by atoms with E-state index in [0.29, 0.717) is 23.3 Å². The molecule has 4 heterocycles. The Morgan fingerprint density at radius 2 is 2.09 bits per heavy atom. The lowest BCUT2D eigenvalue weighted by Crippen LogP contribution is -2.37. The number of fused-ring (bicyclic) bond motifs is 2. The van der Waals surface area contributed by atoms with E-state index in [2.05, 4.69) is 4.98 Å². The molecule has 4 aromatic rings. The number of rotatable bonds is 6. The number of hydrogen-bond donors (Lipinski definition) is 2. The normalized spacial score (nSPS) is 20.5. The molecule has 2 aromatic carbocycles. The number of methoxy groups -OCH3 is 1. The molecule has 6 rings (SSSR count). The Morgan fingerprint density at radius 3 is 2.89 bits per heavy atom. The number of benzene rings is 2. The van der Waals surface area contributed by atoms with Gasteiger partial charge in [-0.15, -0.1) is 0 Å². The van der Waals surface area contributed by atoms with Crippen LogP contribution in [0.4, 0.5) is 0 Å². The molecule has 0 radical (unpaired) electrons. The second-order valence-electron chi connectivity index (χ2n) is 8.87. The number of ether oxygens (including phenoxy) is 2. The van der Waals surface area contributed by atoms with Crippen LogP contribution >= 0.6 is 0 Å². The van der Waals surface area contributed by atoms with Gasteiger partial charge in [0.1, 0.15) is 0 Å². The van der Waals surface area contributed by atoms with Gasteiger partial charge in [-0.05, 0) is 31.0 Å². The lowest BCUT2D eigenvalue weighted by atomic mass is 9.94. The standard InChI is InChI=1S/C27H24N2O6/c1-33-20-10-4-6-15-12-21(35-26(15)20)24(30)22-23(18-13-28-19-9-3-2-8-17(18)19)29(27(32)25(22)31)14-16-7-5-11-34-16/h2-4,6,8-10,12-13,16,23,28,31H,5,7,11,14H2,1H3. The summed E-state index contributed by atoms with van der Waals surface area (Å²) >= 11 is 0. The average Bonchev–Trinajstić information content (AvgIpc) is 3.66. The van der Waals surface area contributed by atoms with Crippen molar-refractivity contribution in [3.05, 3.63) is 77.4 Å². The minimum absolute atomic E-state index is 0.00391. The minimum Gasteiger partial charge on any atom is -0.503 e. The van der Waals surface area contributed by atoms with Gasteiger partial charge in [-0.2, -0.15) is 0 Å². The van der Waals surface area contributed by atoms with E-state index in [9.17, 15) is 14.7 Å². The number of furan rings is 1. The smallest absolute Gasteiger partial charge is 0.290 e. The highest BCUT2D eigenvalue weighted by Crippen LogP contribution is 2.43. The SMILES string of the molecule is COc1cccc2cc(C(=O)C3=C(O)C(=O)N(CC4CCCO4)C3c3c[nH]c4ccccc34)oc12. The second kappa shape index (κ2) is 8.32. The van der Waals surface area contributed by atoms with Crippen molar-refractivity contribution in [3.8, 4) is 5.75 Å². The van der Waals surface area contributed by atoms with E-state index < -0.39 is 23.5 Å². The first-order valence-electron chi connectivity index (χ1n) is 11.6. The summed E-state index contributed by atoms with van der Waals surface area (Å²) in [4.78, 5) is 31.9. The van der Waals surface area contributed by atoms with Crippen molar-refractivity contribution in [1.82, 2.24) is 9.88 Å². The Balaban J connectivity index is 1.47. The van der Waals surface area contributed by atoms with E-state index in [-0.39, 0.29) is 24.0 Å². The maximum atomic E-state index is 13.8. The van der Waals surface area contributed by atoms with Crippen LogP contribution in [0.2, 0.25) is 0 Å². The van der Waals surface area contributed by atoms with E-state index in [1.54, 1.807) is 24.4 Å². The van der Waals surface area contributed by atoms with Gasteiger partial charge in [0, 0.05) is 41.2 Å². The van der Waals surface area contributed by atoms with Crippen molar-refractivity contribution in [3.63, 3.8) is 0 Å². The monoisotopic (exact) mass is 472 g/mol. The number of carbonyl (C=O) groups is 2. The largest absolute Gasteiger partial charge is 0.503 e. The third-order valence-corrected chi connectivity index (χ3v) is 6.84. The molecular formula is C27H24N2O6. The molecule has 8 heteroatoms. The zero-order chi connectivity index (χ0) is 24.1. The number of carbonyl (C=O) groups excluding carboxylic acids is 2. The molecule has 2 atom stereocenters. The molecule has 8 nitrogen and oxygen atoms in total. The number of ketones is 1. The van der Waals surface area contributed by atoms with Crippen LogP contribution in [0.1, 0.15) is 35.0 Å². The van der Waals surface area contributed by atoms with Crippen molar-refractivity contribution in [2.75, 3.05) is 20.3 Å². The van der Waals surface area contributed by atoms with Crippen molar-refractivity contribution < 1.29 is 28.6 Å². The molecule has 2 unspecified atom stereocenters. The van der Waals surface area contributed by atoms with Crippen LogP contribution in [0.15, 0.2) is 70.5 Å². The summed E-state index contributed by atoms with van der Waals surface area (Å²) in [6.07, 6.45) is 3.37. The number of nitrogens with zero attached hydrogens (tertiary/aromatic N) is 1. The maximum Gasteiger partial charge on any atom is 0.290 e. The van der Waals surface area contributed by atoms with E-state index in [1.165, 1.54) is 12.0 Å². The molecule has 2 aliphatic rings. The van der Waals surface area contributed by atoms with Crippen LogP contribution in [-0.4, -0.2) is 53.0 Å². The van der Waals surface area contributed by atoms with Gasteiger partial charge in [-0.25, -0.2) is 0 Å². The fourth-order valence-corrected chi connectivity index (χ4v) is 5.17. The number of nitrogens with one attached hydrogen (secondary N) is 1. The first-order valence-corrected chi connectivity index (χ1v) is 11.6. The predicted octanol–water partition coefficient (Wildman–Crippen LogP) is 4.68. The van der Waals surface area contributed by atoms with Crippen molar-refractivity contribution in [2.24, 2.45) is 0 Å². The zero-order valence-corrected chi connectivity index (χ0v) is 19.1. The number of aliphatic hydroxyl groups is 1. The number of aromatic nitrogens is 1. The molecule has 2 aliphatic heterocycles. The third kappa shape index (κ3) is 3.40. The van der Waals surface area contributed by atoms with Crippen LogP contribution in [0.25, 0.3) is 21.9 Å². The fourth-order valence-electron chi connectivity index (χ4n) is 5.17. The maximum absolute atomic E-state index is 13.8. The number of Topliss-reactive ketones (excluding diaryl/α,β-unsaturated/α-hetero) is 1. The van der Waals surface area contributed by atoms with Crippen LogP contribution in [0.5, 0.6) is 5.75 Å². The van der Waals surface area contributed by atoms with Crippen LogP contribution in [-0.2, 0) is 9.53 Å². The van der Waals surface area contributed by atoms with E-state index in [4.69, 9.17) is 13.9 Å². The van der Waals surface area contributed by atoms with Crippen LogP contribution in [0.3, 0.4) is 0 Å². The summed E-state index contributed by atoms with van der Waals surface area (Å²) in [6.45, 7) is 0.911. The van der Waals surface area contributed by atoms with Gasteiger partial charge in [0.25, 0.3) is 5.91 Å². The molecule has 35 heavy (non-hydrogen) atoms. The van der Waals surface area contributed by atoms with Gasteiger partial charge in [0.2, 0.25) is 5.78 Å². The summed E-state index contributed by atoms with van der Waals surface area (Å²) in [5, 5.41) is 12.6. The molecule has 2 aromatic heterocycles. The fraction of sp³-hybridized carbons (Fsp3) is 0.259. The molecule has 0 aliphatic carbocycles. The molecule has 1 amide bonds. The van der Waals surface area contributed by atoms with E-state index in [1.807, 2.05) is 30.3 Å². The van der Waals surface area contributed by atoms with Gasteiger partial charge in [0.15, 0.2) is 22.9 Å². The number of hydrogen-bond acceptors (Lipinski definition) is 6. The molecule has 1 fully saturated rings. The Bertz CT molecular complexity index is 1490. The molecule has 178 valence electrons. The number of amides is 1.